The van der Waals surface area contributed by atoms with E-state index in [2.05, 4.69) is 10.6 Å². The van der Waals surface area contributed by atoms with E-state index >= 15 is 0 Å². The van der Waals surface area contributed by atoms with Gasteiger partial charge in [0, 0.05) is 13.7 Å². The largest absolute Gasteiger partial charge is 0.480 e. The fourth-order valence-electron chi connectivity index (χ4n) is 0.911. The standard InChI is InChI=1S/C9H17N3O5/c1-17-3-2-6(10)9(16)12-4-7(13)11-5-8(14)15/h6H,2-5,10H2,1H3,(H,11,13)(H,12,16)(H,14,15). The Balaban J connectivity index is 3.75. The number of aliphatic carboxylic acids is 1. The molecule has 0 aromatic heterocycles. The number of hydrogen-bond acceptors (Lipinski definition) is 5. The van der Waals surface area contributed by atoms with Crippen LogP contribution in [-0.4, -0.2) is 55.7 Å². The van der Waals surface area contributed by atoms with Crippen molar-refractivity contribution in [3.8, 4) is 0 Å². The van der Waals surface area contributed by atoms with Crippen molar-refractivity contribution in [3.63, 3.8) is 0 Å². The van der Waals surface area contributed by atoms with E-state index in [1.165, 1.54) is 7.11 Å². The van der Waals surface area contributed by atoms with Crippen LogP contribution in [0.5, 0.6) is 0 Å². The number of nitrogens with one attached hydrogen (secondary N) is 2. The number of methoxy groups -OCH3 is 1. The maximum Gasteiger partial charge on any atom is 0.322 e. The maximum atomic E-state index is 11.3. The summed E-state index contributed by atoms with van der Waals surface area (Å²) in [5.74, 6) is -2.21. The van der Waals surface area contributed by atoms with Crippen LogP contribution in [0.2, 0.25) is 0 Å². The second-order valence-corrected chi connectivity index (χ2v) is 3.28. The van der Waals surface area contributed by atoms with Crippen molar-refractivity contribution in [2.45, 2.75) is 12.5 Å². The van der Waals surface area contributed by atoms with Crippen LogP contribution in [0.1, 0.15) is 6.42 Å². The third-order valence-electron chi connectivity index (χ3n) is 1.83. The highest BCUT2D eigenvalue weighted by Gasteiger charge is 2.13. The molecule has 5 N–H and O–H groups in total. The zero-order valence-electron chi connectivity index (χ0n) is 9.56. The summed E-state index contributed by atoms with van der Waals surface area (Å²) in [5.41, 5.74) is 5.49. The molecule has 1 unspecified atom stereocenters. The van der Waals surface area contributed by atoms with Crippen molar-refractivity contribution in [1.29, 1.82) is 0 Å². The minimum Gasteiger partial charge on any atom is -0.480 e. The van der Waals surface area contributed by atoms with Crippen LogP contribution in [0.3, 0.4) is 0 Å². The number of amides is 2. The molecule has 2 amide bonds. The van der Waals surface area contributed by atoms with E-state index in [1.807, 2.05) is 0 Å². The average molecular weight is 247 g/mol. The van der Waals surface area contributed by atoms with Crippen molar-refractivity contribution in [1.82, 2.24) is 10.6 Å². The molecule has 0 rings (SSSR count). The van der Waals surface area contributed by atoms with E-state index in [-0.39, 0.29) is 6.54 Å². The predicted octanol–water partition coefficient (Wildman–Crippen LogP) is -2.33. The number of ether oxygens (including phenoxy) is 1. The van der Waals surface area contributed by atoms with Gasteiger partial charge in [0.2, 0.25) is 11.8 Å². The molecule has 1 atom stereocenters. The van der Waals surface area contributed by atoms with Gasteiger partial charge in [-0.15, -0.1) is 0 Å². The lowest BCUT2D eigenvalue weighted by Crippen LogP contribution is -2.45. The van der Waals surface area contributed by atoms with Crippen LogP contribution in [0.15, 0.2) is 0 Å². The van der Waals surface area contributed by atoms with Crippen LogP contribution in [0.4, 0.5) is 0 Å². The van der Waals surface area contributed by atoms with Gasteiger partial charge in [-0.25, -0.2) is 0 Å². The maximum absolute atomic E-state index is 11.3. The fraction of sp³-hybridized carbons (Fsp3) is 0.667. The Morgan fingerprint density at radius 2 is 1.94 bits per heavy atom. The molecule has 0 aromatic rings. The van der Waals surface area contributed by atoms with E-state index in [4.69, 9.17) is 15.6 Å². The molecule has 0 saturated carbocycles. The quantitative estimate of drug-likeness (QED) is 0.380. The zero-order valence-corrected chi connectivity index (χ0v) is 9.56. The first kappa shape index (κ1) is 15.3. The highest BCUT2D eigenvalue weighted by Crippen LogP contribution is 1.88. The average Bonchev–Trinajstić information content (AvgIpc) is 2.30. The van der Waals surface area contributed by atoms with Crippen LogP contribution in [0, 0.1) is 0 Å². The van der Waals surface area contributed by atoms with E-state index in [9.17, 15) is 14.4 Å². The number of carbonyl (C=O) groups is 3. The van der Waals surface area contributed by atoms with E-state index in [0.29, 0.717) is 13.0 Å². The first-order valence-corrected chi connectivity index (χ1v) is 4.98. The summed E-state index contributed by atoms with van der Waals surface area (Å²) in [6.07, 6.45) is 0.346. The second-order valence-electron chi connectivity index (χ2n) is 3.28. The van der Waals surface area contributed by atoms with Crippen molar-refractivity contribution in [3.05, 3.63) is 0 Å². The van der Waals surface area contributed by atoms with Crippen molar-refractivity contribution >= 4 is 17.8 Å². The van der Waals surface area contributed by atoms with E-state index < -0.39 is 30.4 Å². The molecule has 8 nitrogen and oxygen atoms in total. The summed E-state index contributed by atoms with van der Waals surface area (Å²) < 4.78 is 4.75. The molecule has 98 valence electrons. The smallest absolute Gasteiger partial charge is 0.322 e. The molecule has 8 heteroatoms. The fourth-order valence-corrected chi connectivity index (χ4v) is 0.911. The van der Waals surface area contributed by atoms with Crippen LogP contribution in [0.25, 0.3) is 0 Å². The van der Waals surface area contributed by atoms with E-state index in [1.54, 1.807) is 0 Å². The molecular weight excluding hydrogens is 230 g/mol. The molecule has 0 aromatic carbocycles. The van der Waals surface area contributed by atoms with E-state index in [0.717, 1.165) is 0 Å². The van der Waals surface area contributed by atoms with Gasteiger partial charge in [0.25, 0.3) is 0 Å². The molecule has 17 heavy (non-hydrogen) atoms. The van der Waals surface area contributed by atoms with Gasteiger partial charge in [-0.05, 0) is 6.42 Å². The van der Waals surface area contributed by atoms with Crippen LogP contribution in [-0.2, 0) is 19.1 Å². The summed E-state index contributed by atoms with van der Waals surface area (Å²) >= 11 is 0. The summed E-state index contributed by atoms with van der Waals surface area (Å²) in [5, 5.41) is 12.7. The van der Waals surface area contributed by atoms with Gasteiger partial charge in [-0.3, -0.25) is 14.4 Å². The highest BCUT2D eigenvalue weighted by molar-refractivity contribution is 5.88. The lowest BCUT2D eigenvalue weighted by molar-refractivity contribution is -0.137. The Hall–Kier alpha value is -1.67. The molecule has 0 aliphatic heterocycles. The van der Waals surface area contributed by atoms with Gasteiger partial charge in [-0.2, -0.15) is 0 Å². The molecule has 0 aliphatic carbocycles. The second kappa shape index (κ2) is 8.48. The van der Waals surface area contributed by atoms with Crippen molar-refractivity contribution < 1.29 is 24.2 Å². The molecule has 0 spiro atoms. The van der Waals surface area contributed by atoms with Gasteiger partial charge in [0.1, 0.15) is 6.54 Å². The normalized spacial score (nSPS) is 11.6. The highest BCUT2D eigenvalue weighted by atomic mass is 16.5. The summed E-state index contributed by atoms with van der Waals surface area (Å²) in [4.78, 5) is 32.5. The Labute approximate surface area is 98.5 Å². The Morgan fingerprint density at radius 1 is 1.29 bits per heavy atom. The lowest BCUT2D eigenvalue weighted by Gasteiger charge is -2.11. The lowest BCUT2D eigenvalue weighted by atomic mass is 10.2. The molecular formula is C9H17N3O5. The van der Waals surface area contributed by atoms with Gasteiger partial charge >= 0.3 is 5.97 Å². The first-order valence-electron chi connectivity index (χ1n) is 4.98. The topological polar surface area (TPSA) is 131 Å². The third-order valence-corrected chi connectivity index (χ3v) is 1.83. The Kier molecular flexibility index (Phi) is 7.65. The number of carboxylic acids is 1. The number of hydrogen-bond donors (Lipinski definition) is 4. The number of carbonyl (C=O) groups excluding carboxylic acids is 2. The monoisotopic (exact) mass is 247 g/mol. The minimum absolute atomic E-state index is 0.299. The van der Waals surface area contributed by atoms with Crippen molar-refractivity contribution in [2.24, 2.45) is 5.73 Å². The third kappa shape index (κ3) is 8.17. The van der Waals surface area contributed by atoms with Gasteiger partial charge in [0.15, 0.2) is 0 Å². The van der Waals surface area contributed by atoms with Crippen LogP contribution >= 0.6 is 0 Å². The minimum atomic E-state index is -1.15. The predicted molar refractivity (Wildman–Crippen MR) is 58.1 cm³/mol. The molecule has 0 heterocycles. The molecule has 0 radical (unpaired) electrons. The van der Waals surface area contributed by atoms with Crippen molar-refractivity contribution in [2.75, 3.05) is 26.8 Å². The molecule has 0 bridgehead atoms. The number of rotatable bonds is 8. The zero-order chi connectivity index (χ0) is 13.3. The number of carboxylic acid groups (broad SMARTS) is 1. The summed E-state index contributed by atoms with van der Waals surface area (Å²) in [6, 6.07) is -0.748. The Bertz CT molecular complexity index is 282. The summed E-state index contributed by atoms with van der Waals surface area (Å²) in [6.45, 7) is -0.434. The Morgan fingerprint density at radius 3 is 2.47 bits per heavy atom. The van der Waals surface area contributed by atoms with Gasteiger partial charge in [0.05, 0.1) is 12.6 Å². The molecule has 0 saturated heterocycles. The SMILES string of the molecule is COCCC(N)C(=O)NCC(=O)NCC(=O)O. The number of nitrogens with two attached hydrogens (primary N) is 1. The van der Waals surface area contributed by atoms with Gasteiger partial charge < -0.3 is 26.2 Å². The molecule has 0 fully saturated rings. The molecule has 0 aliphatic rings. The summed E-state index contributed by atoms with van der Waals surface area (Å²) in [7, 11) is 1.49. The van der Waals surface area contributed by atoms with Crippen LogP contribution < -0.4 is 16.4 Å². The first-order chi connectivity index (χ1) is 7.97. The van der Waals surface area contributed by atoms with Gasteiger partial charge in [-0.1, -0.05) is 0 Å².